The van der Waals surface area contributed by atoms with Gasteiger partial charge >= 0.3 is 11.9 Å². The van der Waals surface area contributed by atoms with Gasteiger partial charge in [0.15, 0.2) is 6.10 Å². The van der Waals surface area contributed by atoms with Gasteiger partial charge in [0.25, 0.3) is 7.82 Å². The second-order valence-electron chi connectivity index (χ2n) is 14.6. The van der Waals surface area contributed by atoms with Gasteiger partial charge in [-0.05, 0) is 51.4 Å². The van der Waals surface area contributed by atoms with Gasteiger partial charge in [-0.3, -0.25) is 14.2 Å². The zero-order valence-corrected chi connectivity index (χ0v) is 34.6. The fraction of sp³-hybridized carbons (Fsp3) is 0.762. The molecule has 0 amide bonds. The molecule has 9 nitrogen and oxygen atoms in total. The van der Waals surface area contributed by atoms with Crippen LogP contribution in [0, 0.1) is 0 Å². The third-order valence-corrected chi connectivity index (χ3v) is 9.33. The summed E-state index contributed by atoms with van der Waals surface area (Å²) in [6, 6.07) is 0. The number of allylic oxidation sites excluding steroid dienone is 8. The monoisotopic (exact) mass is 754 g/mol. The molecule has 302 valence electrons. The Hall–Kier alpha value is -2.03. The van der Waals surface area contributed by atoms with Crippen molar-refractivity contribution in [3.63, 3.8) is 0 Å². The standard InChI is InChI=1S/C42H76NO8P/c1-6-8-10-12-14-16-18-19-20-21-22-23-25-26-28-30-32-34-41(44)48-38-40(39-50-52(46,47)49-37-36-43(3,4)5)51-42(45)35-33-31-29-27-24-17-15-13-11-9-7-2/h8,10,14,16,19-20,22-23,40H,6-7,9,11-13,15,17-18,21,24-39H2,1-5H3/b10-8-,16-14-,20-19-,23-22-/t40-/m1/s1. The van der Waals surface area contributed by atoms with Crippen molar-refractivity contribution < 1.29 is 42.1 Å². The molecule has 1 unspecified atom stereocenters. The van der Waals surface area contributed by atoms with Crippen LogP contribution >= 0.6 is 7.82 Å². The lowest BCUT2D eigenvalue weighted by atomic mass is 10.1. The molecule has 0 rings (SSSR count). The first kappa shape index (κ1) is 50.0. The van der Waals surface area contributed by atoms with E-state index in [1.807, 2.05) is 21.1 Å². The number of carbonyl (C=O) groups is 2. The Labute approximate surface area is 318 Å². The van der Waals surface area contributed by atoms with Crippen LogP contribution in [0.15, 0.2) is 48.6 Å². The minimum absolute atomic E-state index is 0.0357. The zero-order valence-electron chi connectivity index (χ0n) is 33.7. The largest absolute Gasteiger partial charge is 0.756 e. The molecule has 0 aliphatic rings. The predicted octanol–water partition coefficient (Wildman–Crippen LogP) is 10.5. The quantitative estimate of drug-likeness (QED) is 0.0204. The van der Waals surface area contributed by atoms with Crippen LogP contribution in [0.1, 0.15) is 155 Å². The highest BCUT2D eigenvalue weighted by Gasteiger charge is 2.21. The van der Waals surface area contributed by atoms with E-state index in [-0.39, 0.29) is 26.1 Å². The Morgan fingerprint density at radius 1 is 0.615 bits per heavy atom. The summed E-state index contributed by atoms with van der Waals surface area (Å²) >= 11 is 0. The van der Waals surface area contributed by atoms with E-state index in [2.05, 4.69) is 62.5 Å². The average Bonchev–Trinajstić information content (AvgIpc) is 3.09. The fourth-order valence-corrected chi connectivity index (χ4v) is 5.90. The first-order valence-corrected chi connectivity index (χ1v) is 21.8. The van der Waals surface area contributed by atoms with Gasteiger partial charge in [0.1, 0.15) is 19.8 Å². The SMILES string of the molecule is CC/C=C\C/C=C\C/C=C\C/C=C\CCCCCCC(=O)OC[C@H](COP(=O)([O-])OCC[N+](C)(C)C)OC(=O)CCCCCCCCCCCCC. The second-order valence-corrected chi connectivity index (χ2v) is 16.0. The molecule has 0 fully saturated rings. The molecule has 0 N–H and O–H groups in total. The van der Waals surface area contributed by atoms with E-state index < -0.39 is 32.5 Å². The zero-order chi connectivity index (χ0) is 38.6. The van der Waals surface area contributed by atoms with Crippen molar-refractivity contribution in [1.29, 1.82) is 0 Å². The highest BCUT2D eigenvalue weighted by atomic mass is 31.2. The molecule has 0 aromatic heterocycles. The first-order valence-electron chi connectivity index (χ1n) is 20.3. The third-order valence-electron chi connectivity index (χ3n) is 8.36. The van der Waals surface area contributed by atoms with E-state index in [1.54, 1.807) is 0 Å². The van der Waals surface area contributed by atoms with Crippen molar-refractivity contribution in [2.45, 2.75) is 161 Å². The molecule has 2 atom stereocenters. The summed E-state index contributed by atoms with van der Waals surface area (Å²) in [7, 11) is 1.15. The number of unbranched alkanes of at least 4 members (excludes halogenated alkanes) is 14. The molecule has 0 aliphatic carbocycles. The molecule has 52 heavy (non-hydrogen) atoms. The number of esters is 2. The number of likely N-dealkylation sites (N-methyl/N-ethyl adjacent to an activating group) is 1. The summed E-state index contributed by atoms with van der Waals surface area (Å²) in [5.74, 6) is -0.865. The lowest BCUT2D eigenvalue weighted by Crippen LogP contribution is -2.37. The summed E-state index contributed by atoms with van der Waals surface area (Å²) in [4.78, 5) is 37.4. The van der Waals surface area contributed by atoms with E-state index in [0.29, 0.717) is 23.9 Å². The maximum absolute atomic E-state index is 12.6. The normalized spacial score (nSPS) is 14.2. The van der Waals surface area contributed by atoms with Gasteiger partial charge in [-0.1, -0.05) is 140 Å². The number of hydrogen-bond donors (Lipinski definition) is 0. The lowest BCUT2D eigenvalue weighted by Gasteiger charge is -2.28. The first-order chi connectivity index (χ1) is 25.0. The van der Waals surface area contributed by atoms with Crippen LogP contribution in [0.25, 0.3) is 0 Å². The van der Waals surface area contributed by atoms with E-state index >= 15 is 0 Å². The molecule has 0 radical (unpaired) electrons. The molecule has 0 spiro atoms. The van der Waals surface area contributed by atoms with Crippen molar-refractivity contribution >= 4 is 19.8 Å². The van der Waals surface area contributed by atoms with Gasteiger partial charge < -0.3 is 27.9 Å². The Morgan fingerprint density at radius 2 is 1.10 bits per heavy atom. The highest BCUT2D eigenvalue weighted by molar-refractivity contribution is 7.45. The number of hydrogen-bond acceptors (Lipinski definition) is 8. The molecule has 0 bridgehead atoms. The van der Waals surface area contributed by atoms with E-state index in [1.165, 1.54) is 44.9 Å². The smallest absolute Gasteiger partial charge is 0.306 e. The van der Waals surface area contributed by atoms with Crippen molar-refractivity contribution in [3.8, 4) is 0 Å². The summed E-state index contributed by atoms with van der Waals surface area (Å²) < 4.78 is 33.8. The van der Waals surface area contributed by atoms with Gasteiger partial charge in [0, 0.05) is 12.8 Å². The molecule has 0 aromatic rings. The van der Waals surface area contributed by atoms with Crippen molar-refractivity contribution in [2.75, 3.05) is 47.5 Å². The van der Waals surface area contributed by atoms with Crippen LogP contribution in [0.3, 0.4) is 0 Å². The number of phosphoric ester groups is 1. The van der Waals surface area contributed by atoms with E-state index in [9.17, 15) is 19.0 Å². The summed E-state index contributed by atoms with van der Waals surface area (Å²) in [6.45, 7) is 4.06. The van der Waals surface area contributed by atoms with Crippen LogP contribution in [0.4, 0.5) is 0 Å². The topological polar surface area (TPSA) is 111 Å². The van der Waals surface area contributed by atoms with Crippen molar-refractivity contribution in [3.05, 3.63) is 48.6 Å². The number of phosphoric acid groups is 1. The van der Waals surface area contributed by atoms with Crippen LogP contribution in [-0.2, 0) is 32.7 Å². The Bertz CT molecular complexity index is 1030. The summed E-state index contributed by atoms with van der Waals surface area (Å²) in [5, 5.41) is 0. The lowest BCUT2D eigenvalue weighted by molar-refractivity contribution is -0.870. The minimum Gasteiger partial charge on any atom is -0.756 e. The highest BCUT2D eigenvalue weighted by Crippen LogP contribution is 2.38. The van der Waals surface area contributed by atoms with Gasteiger partial charge in [0.05, 0.1) is 27.7 Å². The fourth-order valence-electron chi connectivity index (χ4n) is 5.17. The van der Waals surface area contributed by atoms with E-state index in [4.69, 9.17) is 18.5 Å². The number of ether oxygens (including phenoxy) is 2. The maximum atomic E-state index is 12.6. The number of rotatable bonds is 36. The van der Waals surface area contributed by atoms with Crippen LogP contribution in [-0.4, -0.2) is 70.0 Å². The third kappa shape index (κ3) is 37.7. The second kappa shape index (κ2) is 34.7. The van der Waals surface area contributed by atoms with Crippen molar-refractivity contribution in [1.82, 2.24) is 0 Å². The molecular weight excluding hydrogens is 677 g/mol. The Balaban J connectivity index is 4.43. The Kier molecular flexibility index (Phi) is 33.4. The molecule has 0 aliphatic heterocycles. The minimum atomic E-state index is -4.62. The van der Waals surface area contributed by atoms with Crippen LogP contribution in [0.2, 0.25) is 0 Å². The molecule has 0 saturated heterocycles. The van der Waals surface area contributed by atoms with Crippen molar-refractivity contribution in [2.24, 2.45) is 0 Å². The number of nitrogens with zero attached hydrogens (tertiary/aromatic N) is 1. The Morgan fingerprint density at radius 3 is 1.63 bits per heavy atom. The molecule has 0 saturated carbocycles. The molecule has 10 heteroatoms. The number of quaternary nitrogens is 1. The van der Waals surface area contributed by atoms with Crippen LogP contribution in [0.5, 0.6) is 0 Å². The molecular formula is C42H76NO8P. The summed E-state index contributed by atoms with van der Waals surface area (Å²) in [6.07, 6.45) is 38.5. The predicted molar refractivity (Wildman–Crippen MR) is 213 cm³/mol. The average molecular weight is 754 g/mol. The number of carbonyl (C=O) groups excluding carboxylic acids is 2. The van der Waals surface area contributed by atoms with Gasteiger partial charge in [-0.2, -0.15) is 0 Å². The van der Waals surface area contributed by atoms with Gasteiger partial charge in [0.2, 0.25) is 0 Å². The maximum Gasteiger partial charge on any atom is 0.306 e. The van der Waals surface area contributed by atoms with Crippen LogP contribution < -0.4 is 4.89 Å². The van der Waals surface area contributed by atoms with Gasteiger partial charge in [-0.25, -0.2) is 0 Å². The molecule has 0 heterocycles. The van der Waals surface area contributed by atoms with E-state index in [0.717, 1.165) is 70.6 Å². The molecule has 0 aromatic carbocycles. The van der Waals surface area contributed by atoms with Gasteiger partial charge in [-0.15, -0.1) is 0 Å². The summed E-state index contributed by atoms with van der Waals surface area (Å²) in [5.41, 5.74) is 0.